The standard InChI is InChI=1S/C34H62O6/c1-4-6-7-8-13-18-23-31-32(40-31)24-19-14-11-16-21-26-34(37)39-30(27-35)28-38-33(36)25-20-15-10-9-12-17-22-29(3)5-2/h13,18,29-32,35H,4-12,14-17,19-28H2,1-3H3/b18-13-/t29?,30-,31?,32?/m0/s1. The second-order valence-electron chi connectivity index (χ2n) is 11.9. The number of unbranched alkanes of at least 4 members (excludes halogenated alkanes) is 12. The molecule has 1 saturated heterocycles. The minimum absolute atomic E-state index is 0.0738. The SMILES string of the molecule is CCCCC/C=C\CC1OC1CCCCCCCC(=O)O[C@@H](CO)COC(=O)CCCCCCCCC(C)CC. The van der Waals surface area contributed by atoms with E-state index in [9.17, 15) is 14.7 Å². The number of hydrogen-bond acceptors (Lipinski definition) is 6. The van der Waals surface area contributed by atoms with Crippen LogP contribution in [-0.4, -0.2) is 48.6 Å². The van der Waals surface area contributed by atoms with Crippen LogP contribution in [0.3, 0.4) is 0 Å². The Bertz CT molecular complexity index is 648. The van der Waals surface area contributed by atoms with Crippen molar-refractivity contribution >= 4 is 11.9 Å². The van der Waals surface area contributed by atoms with Gasteiger partial charge in [0.15, 0.2) is 6.10 Å². The minimum Gasteiger partial charge on any atom is -0.462 e. The number of epoxide rings is 1. The lowest BCUT2D eigenvalue weighted by Crippen LogP contribution is -2.28. The fraction of sp³-hybridized carbons (Fsp3) is 0.882. The van der Waals surface area contributed by atoms with Gasteiger partial charge in [-0.15, -0.1) is 0 Å². The largest absolute Gasteiger partial charge is 0.462 e. The third kappa shape index (κ3) is 21.4. The molecule has 234 valence electrons. The molecule has 0 saturated carbocycles. The fourth-order valence-electron chi connectivity index (χ4n) is 4.95. The molecular weight excluding hydrogens is 504 g/mol. The molecule has 40 heavy (non-hydrogen) atoms. The molecule has 0 bridgehead atoms. The summed E-state index contributed by atoms with van der Waals surface area (Å²) < 4.78 is 16.3. The van der Waals surface area contributed by atoms with Crippen LogP contribution < -0.4 is 0 Å². The molecule has 0 aliphatic carbocycles. The van der Waals surface area contributed by atoms with E-state index < -0.39 is 6.10 Å². The van der Waals surface area contributed by atoms with E-state index in [0.29, 0.717) is 25.0 Å². The topological polar surface area (TPSA) is 85.4 Å². The lowest BCUT2D eigenvalue weighted by Gasteiger charge is -2.15. The van der Waals surface area contributed by atoms with E-state index in [1.807, 2.05) is 0 Å². The zero-order valence-electron chi connectivity index (χ0n) is 26.2. The van der Waals surface area contributed by atoms with Crippen molar-refractivity contribution in [2.75, 3.05) is 13.2 Å². The van der Waals surface area contributed by atoms with E-state index in [-0.39, 0.29) is 25.2 Å². The van der Waals surface area contributed by atoms with Gasteiger partial charge in [-0.3, -0.25) is 9.59 Å². The van der Waals surface area contributed by atoms with Crippen molar-refractivity contribution < 1.29 is 28.9 Å². The van der Waals surface area contributed by atoms with Gasteiger partial charge in [-0.1, -0.05) is 116 Å². The highest BCUT2D eigenvalue weighted by Gasteiger charge is 2.36. The maximum absolute atomic E-state index is 12.1. The van der Waals surface area contributed by atoms with Gasteiger partial charge in [-0.25, -0.2) is 0 Å². The summed E-state index contributed by atoms with van der Waals surface area (Å²) in [4.78, 5) is 24.1. The molecule has 1 fully saturated rings. The van der Waals surface area contributed by atoms with Crippen molar-refractivity contribution in [3.63, 3.8) is 0 Å². The number of rotatable bonds is 28. The maximum atomic E-state index is 12.1. The summed E-state index contributed by atoms with van der Waals surface area (Å²) in [5.74, 6) is 0.208. The molecule has 6 heteroatoms. The van der Waals surface area contributed by atoms with Crippen molar-refractivity contribution in [1.82, 2.24) is 0 Å². The first kappa shape index (κ1) is 36.6. The molecule has 1 heterocycles. The number of hydrogen-bond donors (Lipinski definition) is 1. The summed E-state index contributed by atoms with van der Waals surface area (Å²) >= 11 is 0. The Kier molecular flexibility index (Phi) is 23.2. The van der Waals surface area contributed by atoms with Crippen molar-refractivity contribution in [2.24, 2.45) is 5.92 Å². The third-order valence-corrected chi connectivity index (χ3v) is 8.02. The van der Waals surface area contributed by atoms with Crippen LogP contribution in [-0.2, 0) is 23.8 Å². The Morgan fingerprint density at radius 2 is 1.45 bits per heavy atom. The van der Waals surface area contributed by atoms with E-state index >= 15 is 0 Å². The van der Waals surface area contributed by atoms with Gasteiger partial charge in [0.05, 0.1) is 18.8 Å². The summed E-state index contributed by atoms with van der Waals surface area (Å²) in [5.41, 5.74) is 0. The number of carbonyl (C=O) groups excluding carboxylic acids is 2. The van der Waals surface area contributed by atoms with Gasteiger partial charge >= 0.3 is 11.9 Å². The monoisotopic (exact) mass is 566 g/mol. The van der Waals surface area contributed by atoms with Crippen molar-refractivity contribution in [3.05, 3.63) is 12.2 Å². The average molecular weight is 567 g/mol. The predicted molar refractivity (Wildman–Crippen MR) is 163 cm³/mol. The van der Waals surface area contributed by atoms with Gasteiger partial charge in [0, 0.05) is 12.8 Å². The molecular formula is C34H62O6. The van der Waals surface area contributed by atoms with E-state index in [2.05, 4.69) is 32.9 Å². The van der Waals surface area contributed by atoms with Crippen LogP contribution in [0.5, 0.6) is 0 Å². The summed E-state index contributed by atoms with van der Waals surface area (Å²) in [6.07, 6.45) is 27.2. The van der Waals surface area contributed by atoms with Crippen LogP contribution in [0.4, 0.5) is 0 Å². The molecule has 4 atom stereocenters. The Morgan fingerprint density at radius 1 is 0.800 bits per heavy atom. The lowest BCUT2D eigenvalue weighted by molar-refractivity contribution is -0.161. The molecule has 0 aromatic carbocycles. The Balaban J connectivity index is 1.93. The molecule has 0 amide bonds. The molecule has 1 N–H and O–H groups in total. The number of allylic oxidation sites excluding steroid dienone is 1. The second-order valence-corrected chi connectivity index (χ2v) is 11.9. The summed E-state index contributed by atoms with van der Waals surface area (Å²) in [6, 6.07) is 0. The zero-order valence-corrected chi connectivity index (χ0v) is 26.2. The van der Waals surface area contributed by atoms with Gasteiger partial charge in [-0.2, -0.15) is 0 Å². The third-order valence-electron chi connectivity index (χ3n) is 8.02. The molecule has 1 aliphatic rings. The van der Waals surface area contributed by atoms with Crippen LogP contribution >= 0.6 is 0 Å². The highest BCUT2D eigenvalue weighted by Crippen LogP contribution is 2.30. The van der Waals surface area contributed by atoms with E-state index in [1.165, 1.54) is 64.2 Å². The fourth-order valence-corrected chi connectivity index (χ4v) is 4.95. The first-order valence-electron chi connectivity index (χ1n) is 16.8. The number of aliphatic hydroxyl groups excluding tert-OH is 1. The van der Waals surface area contributed by atoms with E-state index in [0.717, 1.165) is 63.7 Å². The van der Waals surface area contributed by atoms with Crippen LogP contribution in [0.25, 0.3) is 0 Å². The average Bonchev–Trinajstić information content (AvgIpc) is 3.71. The molecule has 0 spiro atoms. The Hall–Kier alpha value is -1.40. The minimum atomic E-state index is -0.778. The molecule has 6 nitrogen and oxygen atoms in total. The van der Waals surface area contributed by atoms with Crippen molar-refractivity contribution in [1.29, 1.82) is 0 Å². The number of carbonyl (C=O) groups is 2. The molecule has 1 aliphatic heterocycles. The van der Waals surface area contributed by atoms with Crippen LogP contribution in [0, 0.1) is 5.92 Å². The highest BCUT2D eigenvalue weighted by atomic mass is 16.6. The number of aliphatic hydroxyl groups is 1. The van der Waals surface area contributed by atoms with Crippen molar-refractivity contribution in [2.45, 2.75) is 174 Å². The normalized spacial score (nSPS) is 18.1. The van der Waals surface area contributed by atoms with Gasteiger partial charge < -0.3 is 19.3 Å². The second kappa shape index (κ2) is 25.3. The quantitative estimate of drug-likeness (QED) is 0.0441. The molecule has 1 rings (SSSR count). The first-order valence-corrected chi connectivity index (χ1v) is 16.8. The number of ether oxygens (including phenoxy) is 3. The zero-order chi connectivity index (χ0) is 29.3. The van der Waals surface area contributed by atoms with Crippen LogP contribution in [0.15, 0.2) is 12.2 Å². The smallest absolute Gasteiger partial charge is 0.306 e. The molecule has 0 radical (unpaired) electrons. The summed E-state index contributed by atoms with van der Waals surface area (Å²) in [5, 5.41) is 9.50. The summed E-state index contributed by atoms with van der Waals surface area (Å²) in [7, 11) is 0. The van der Waals surface area contributed by atoms with E-state index in [4.69, 9.17) is 14.2 Å². The van der Waals surface area contributed by atoms with Crippen molar-refractivity contribution in [3.8, 4) is 0 Å². The van der Waals surface area contributed by atoms with Crippen LogP contribution in [0.1, 0.15) is 156 Å². The molecule has 0 aromatic heterocycles. The van der Waals surface area contributed by atoms with E-state index in [1.54, 1.807) is 0 Å². The van der Waals surface area contributed by atoms with Gasteiger partial charge in [-0.05, 0) is 44.4 Å². The lowest BCUT2D eigenvalue weighted by atomic mass is 10.00. The molecule has 3 unspecified atom stereocenters. The van der Waals surface area contributed by atoms with Crippen LogP contribution in [0.2, 0.25) is 0 Å². The Morgan fingerprint density at radius 3 is 2.12 bits per heavy atom. The number of esters is 2. The maximum Gasteiger partial charge on any atom is 0.306 e. The first-order chi connectivity index (χ1) is 19.5. The molecule has 0 aromatic rings. The van der Waals surface area contributed by atoms with Gasteiger partial charge in [0.2, 0.25) is 0 Å². The van der Waals surface area contributed by atoms with Gasteiger partial charge in [0.1, 0.15) is 6.61 Å². The highest BCUT2D eigenvalue weighted by molar-refractivity contribution is 5.70. The summed E-state index contributed by atoms with van der Waals surface area (Å²) in [6.45, 7) is 6.38. The Labute approximate surface area is 246 Å². The van der Waals surface area contributed by atoms with Gasteiger partial charge in [0.25, 0.3) is 0 Å². The predicted octanol–water partition coefficient (Wildman–Crippen LogP) is 8.63.